The van der Waals surface area contributed by atoms with Gasteiger partial charge in [-0.2, -0.15) is 13.2 Å². The molecule has 0 spiro atoms. The highest BCUT2D eigenvalue weighted by atomic mass is 19.4. The first-order chi connectivity index (χ1) is 23.5. The molecule has 50 heavy (non-hydrogen) atoms. The third kappa shape index (κ3) is 7.96. The average molecular weight is 705 g/mol. The van der Waals surface area contributed by atoms with Crippen molar-refractivity contribution in [2.75, 3.05) is 18.0 Å². The highest BCUT2D eigenvalue weighted by Gasteiger charge is 2.44. The van der Waals surface area contributed by atoms with Crippen LogP contribution in [0.5, 0.6) is 0 Å². The summed E-state index contributed by atoms with van der Waals surface area (Å²) in [6.45, 7) is 9.50. The van der Waals surface area contributed by atoms with Crippen molar-refractivity contribution in [3.63, 3.8) is 0 Å². The molecule has 2 atom stereocenters. The van der Waals surface area contributed by atoms with E-state index in [-0.39, 0.29) is 54.2 Å². The number of aromatic nitrogens is 3. The van der Waals surface area contributed by atoms with Gasteiger partial charge in [0.15, 0.2) is 6.17 Å². The van der Waals surface area contributed by atoms with Crippen molar-refractivity contribution in [2.24, 2.45) is 5.41 Å². The van der Waals surface area contributed by atoms with E-state index < -0.39 is 35.9 Å². The molecule has 3 aromatic rings. The molecule has 0 bridgehead atoms. The molecular formula is C38H46F6N4O2. The average Bonchev–Trinajstić information content (AvgIpc) is 3.06. The Kier molecular flexibility index (Phi) is 10.3. The molecule has 6 nitrogen and oxygen atoms in total. The molecule has 1 aromatic carbocycles. The number of halogens is 6. The predicted octanol–water partition coefficient (Wildman–Crippen LogP) is 9.56. The first-order valence-electron chi connectivity index (χ1n) is 17.6. The lowest BCUT2D eigenvalue weighted by molar-refractivity contribution is -0.137. The van der Waals surface area contributed by atoms with Gasteiger partial charge in [0, 0.05) is 66.6 Å². The molecule has 6 rings (SSSR count). The van der Waals surface area contributed by atoms with E-state index >= 15 is 4.39 Å². The smallest absolute Gasteiger partial charge is 0.388 e. The van der Waals surface area contributed by atoms with Crippen molar-refractivity contribution in [3.05, 3.63) is 81.4 Å². The molecule has 0 amide bonds. The van der Waals surface area contributed by atoms with E-state index in [2.05, 4.69) is 14.9 Å². The number of rotatable bonds is 8. The molecule has 2 aromatic heterocycles. The second-order valence-corrected chi connectivity index (χ2v) is 15.4. The molecule has 1 aliphatic heterocycles. The lowest BCUT2D eigenvalue weighted by atomic mass is 9.68. The van der Waals surface area contributed by atoms with Gasteiger partial charge in [-0.15, -0.1) is 0 Å². The Labute approximate surface area is 289 Å². The van der Waals surface area contributed by atoms with Crippen molar-refractivity contribution in [3.8, 4) is 0 Å². The number of aliphatic hydroxyl groups excluding tert-OH is 1. The van der Waals surface area contributed by atoms with Crippen LogP contribution in [-0.4, -0.2) is 45.2 Å². The van der Waals surface area contributed by atoms with E-state index in [0.29, 0.717) is 73.8 Å². The number of alkyl halides is 6. The third-order valence-electron chi connectivity index (χ3n) is 10.5. The Balaban J connectivity index is 1.40. The highest BCUT2D eigenvalue weighted by molar-refractivity contribution is 5.51. The van der Waals surface area contributed by atoms with Crippen LogP contribution in [0, 0.1) is 5.41 Å². The van der Waals surface area contributed by atoms with E-state index in [4.69, 9.17) is 9.72 Å². The number of anilines is 1. The van der Waals surface area contributed by atoms with Crippen LogP contribution in [0.1, 0.15) is 142 Å². The number of fused-ring (bicyclic) bond motifs is 1. The molecule has 0 radical (unpaired) electrons. The largest absolute Gasteiger partial charge is 0.416 e. The SMILES string of the molecule is CC(C)OCc1cnc(N2CCC(c3nc4c(c(C5CCC(F)(F)CC5)c3C(F)c3ccc(C(F)(F)F)cc3)C(O)CC(C)(C)C4)CC2)nc1. The Bertz CT molecular complexity index is 1630. The van der Waals surface area contributed by atoms with Gasteiger partial charge in [0.1, 0.15) is 0 Å². The molecule has 2 aliphatic carbocycles. The minimum absolute atomic E-state index is 0.0291. The molecule has 2 unspecified atom stereocenters. The standard InChI is InChI=1S/C38H46F6N4O2/c1-22(2)50-21-23-19-45-35(46-20-23)48-15-11-26(12-16-48)34-32(33(39)25-5-7-27(8-6-25)38(42,43)44)30(24-9-13-37(40,41)14-10-24)31-28(47-34)17-36(3,4)18-29(31)49/h5-8,19-20,22,24,26,29,33,49H,9-18,21H2,1-4H3. The fourth-order valence-corrected chi connectivity index (χ4v) is 7.92. The van der Waals surface area contributed by atoms with Gasteiger partial charge in [-0.1, -0.05) is 26.0 Å². The second-order valence-electron chi connectivity index (χ2n) is 15.4. The van der Waals surface area contributed by atoms with Crippen LogP contribution < -0.4 is 4.90 Å². The molecule has 1 saturated heterocycles. The van der Waals surface area contributed by atoms with Crippen LogP contribution in [0.15, 0.2) is 36.7 Å². The fourth-order valence-electron chi connectivity index (χ4n) is 7.92. The van der Waals surface area contributed by atoms with Crippen molar-refractivity contribution in [1.29, 1.82) is 0 Å². The highest BCUT2D eigenvalue weighted by Crippen LogP contribution is 2.52. The number of nitrogens with zero attached hydrogens (tertiary/aromatic N) is 4. The third-order valence-corrected chi connectivity index (χ3v) is 10.5. The summed E-state index contributed by atoms with van der Waals surface area (Å²) in [5, 5.41) is 11.6. The summed E-state index contributed by atoms with van der Waals surface area (Å²) in [6.07, 6.45) is -2.28. The Morgan fingerprint density at radius 3 is 2.14 bits per heavy atom. The zero-order valence-corrected chi connectivity index (χ0v) is 29.0. The molecule has 1 N–H and O–H groups in total. The van der Waals surface area contributed by atoms with Crippen molar-refractivity contribution < 1.29 is 36.2 Å². The van der Waals surface area contributed by atoms with Crippen LogP contribution in [0.2, 0.25) is 0 Å². The van der Waals surface area contributed by atoms with Crippen LogP contribution in [0.4, 0.5) is 32.3 Å². The summed E-state index contributed by atoms with van der Waals surface area (Å²) in [4.78, 5) is 16.3. The number of pyridine rings is 1. The lowest BCUT2D eigenvalue weighted by Gasteiger charge is -2.41. The minimum Gasteiger partial charge on any atom is -0.388 e. The van der Waals surface area contributed by atoms with Crippen LogP contribution in [0.3, 0.4) is 0 Å². The zero-order valence-electron chi connectivity index (χ0n) is 29.0. The van der Waals surface area contributed by atoms with Crippen molar-refractivity contribution in [1.82, 2.24) is 15.0 Å². The van der Waals surface area contributed by atoms with Gasteiger partial charge >= 0.3 is 6.18 Å². The van der Waals surface area contributed by atoms with Crippen LogP contribution in [-0.2, 0) is 23.9 Å². The van der Waals surface area contributed by atoms with E-state index in [1.807, 2.05) is 27.7 Å². The monoisotopic (exact) mass is 704 g/mol. The Hall–Kier alpha value is -3.25. The summed E-state index contributed by atoms with van der Waals surface area (Å²) >= 11 is 0. The number of hydrogen-bond donors (Lipinski definition) is 1. The number of benzene rings is 1. The maximum atomic E-state index is 17.2. The number of hydrogen-bond acceptors (Lipinski definition) is 6. The molecule has 3 heterocycles. The Morgan fingerprint density at radius 1 is 0.940 bits per heavy atom. The van der Waals surface area contributed by atoms with Gasteiger partial charge in [0.05, 0.1) is 30.1 Å². The molecule has 272 valence electrons. The van der Waals surface area contributed by atoms with Crippen molar-refractivity contribution in [2.45, 2.75) is 128 Å². The van der Waals surface area contributed by atoms with Gasteiger partial charge in [0.25, 0.3) is 0 Å². The van der Waals surface area contributed by atoms with E-state index in [9.17, 15) is 27.1 Å². The first kappa shape index (κ1) is 36.5. The molecule has 3 aliphatic rings. The molecule has 2 fully saturated rings. The maximum absolute atomic E-state index is 17.2. The second kappa shape index (κ2) is 14.1. The number of ether oxygens (including phenoxy) is 1. The fraction of sp³-hybridized carbons (Fsp3) is 0.605. The first-order valence-corrected chi connectivity index (χ1v) is 17.6. The zero-order chi connectivity index (χ0) is 36.0. The maximum Gasteiger partial charge on any atom is 0.416 e. The summed E-state index contributed by atoms with van der Waals surface area (Å²) in [5.74, 6) is -2.93. The minimum atomic E-state index is -4.59. The quantitative estimate of drug-likeness (QED) is 0.236. The summed E-state index contributed by atoms with van der Waals surface area (Å²) in [7, 11) is 0. The van der Waals surface area contributed by atoms with Crippen LogP contribution in [0.25, 0.3) is 0 Å². The van der Waals surface area contributed by atoms with E-state index in [1.54, 1.807) is 12.4 Å². The van der Waals surface area contributed by atoms with E-state index in [0.717, 1.165) is 29.8 Å². The topological polar surface area (TPSA) is 71.4 Å². The van der Waals surface area contributed by atoms with Gasteiger partial charge < -0.3 is 14.7 Å². The lowest BCUT2D eigenvalue weighted by Crippen LogP contribution is -2.36. The summed E-state index contributed by atoms with van der Waals surface area (Å²) < 4.78 is 92.1. The number of aliphatic hydroxyl groups is 1. The summed E-state index contributed by atoms with van der Waals surface area (Å²) in [5.41, 5.74) is 2.13. The van der Waals surface area contributed by atoms with Gasteiger partial charge in [-0.3, -0.25) is 4.98 Å². The van der Waals surface area contributed by atoms with Gasteiger partial charge in [-0.05, 0) is 87.0 Å². The summed E-state index contributed by atoms with van der Waals surface area (Å²) in [6, 6.07) is 4.02. The van der Waals surface area contributed by atoms with E-state index in [1.165, 1.54) is 0 Å². The van der Waals surface area contributed by atoms with Crippen molar-refractivity contribution >= 4 is 5.95 Å². The van der Waals surface area contributed by atoms with Crippen LogP contribution >= 0.6 is 0 Å². The molecular weight excluding hydrogens is 658 g/mol. The molecule has 1 saturated carbocycles. The van der Waals surface area contributed by atoms with Gasteiger partial charge in [0.2, 0.25) is 11.9 Å². The number of piperidine rings is 1. The van der Waals surface area contributed by atoms with Gasteiger partial charge in [-0.25, -0.2) is 23.1 Å². The molecule has 12 heteroatoms. The Morgan fingerprint density at radius 2 is 1.56 bits per heavy atom. The predicted molar refractivity (Wildman–Crippen MR) is 178 cm³/mol. The normalized spacial score (nSPS) is 22.1.